The molecule has 0 saturated carbocycles. The summed E-state index contributed by atoms with van der Waals surface area (Å²) in [6, 6.07) is 23.8. The average Bonchev–Trinajstić information content (AvgIpc) is 2.89. The number of ether oxygens (including phenoxy) is 1. The van der Waals surface area contributed by atoms with Crippen molar-refractivity contribution in [2.24, 2.45) is 0 Å². The van der Waals surface area contributed by atoms with Crippen molar-refractivity contribution in [3.8, 4) is 0 Å². The molecule has 0 fully saturated rings. The van der Waals surface area contributed by atoms with E-state index in [1.165, 1.54) is 0 Å². The highest BCUT2D eigenvalue weighted by atomic mass is 16.5. The molecule has 2 aromatic carbocycles. The van der Waals surface area contributed by atoms with Crippen molar-refractivity contribution in [2.45, 2.75) is 38.0 Å². The molecule has 2 aliphatic rings. The molecule has 0 amide bonds. The Morgan fingerprint density at radius 1 is 0.971 bits per heavy atom. The van der Waals surface area contributed by atoms with Gasteiger partial charge in [0, 0.05) is 48.1 Å². The Kier molecular flexibility index (Phi) is 6.57. The molecule has 35 heavy (non-hydrogen) atoms. The number of nitrogens with one attached hydrogen (secondary N) is 1. The fourth-order valence-electron chi connectivity index (χ4n) is 5.13. The number of rotatable bonds is 6. The second-order valence-electron chi connectivity index (χ2n) is 9.09. The molecule has 1 aromatic heterocycles. The molecule has 1 aliphatic carbocycles. The zero-order valence-electron chi connectivity index (χ0n) is 19.7. The number of esters is 1. The summed E-state index contributed by atoms with van der Waals surface area (Å²) >= 11 is 0. The second kappa shape index (κ2) is 10.1. The maximum Gasteiger partial charge on any atom is 0.336 e. The Balaban J connectivity index is 1.44. The highest BCUT2D eigenvalue weighted by molar-refractivity contribution is 6.04. The minimum absolute atomic E-state index is 0.0588. The smallest absolute Gasteiger partial charge is 0.336 e. The molecule has 0 unspecified atom stereocenters. The van der Waals surface area contributed by atoms with Gasteiger partial charge in [0.1, 0.15) is 0 Å². The number of Topliss-reactive ketones (excluding diaryl/α,β-unsaturated/α-hetero) is 1. The molecule has 1 aliphatic heterocycles. The molecule has 0 saturated heterocycles. The number of hydrogen-bond acceptors (Lipinski definition) is 5. The van der Waals surface area contributed by atoms with E-state index in [-0.39, 0.29) is 18.3 Å². The normalized spacial score (nSPS) is 19.7. The van der Waals surface area contributed by atoms with E-state index in [0.717, 1.165) is 34.5 Å². The molecule has 0 spiro atoms. The Morgan fingerprint density at radius 2 is 1.69 bits per heavy atom. The van der Waals surface area contributed by atoms with Gasteiger partial charge in [-0.25, -0.2) is 4.79 Å². The number of pyridine rings is 1. The monoisotopic (exact) mass is 464 g/mol. The number of carbonyl (C=O) groups is 2. The highest BCUT2D eigenvalue weighted by Crippen LogP contribution is 2.45. The Hall–Kier alpha value is -3.99. The molecule has 176 valence electrons. The predicted molar refractivity (Wildman–Crippen MR) is 134 cm³/mol. The number of hydrogen-bond donors (Lipinski definition) is 1. The molecule has 5 rings (SSSR count). The number of aromatic nitrogens is 1. The Bertz CT molecular complexity index is 1280. The van der Waals surface area contributed by atoms with Gasteiger partial charge in [0.25, 0.3) is 0 Å². The SMILES string of the molecule is CC1=C(C(=O)OCCc2ccccc2)[C@@H](c2cccnc2)C2=C(C[C@H](c3ccccc3)CC2=O)N1. The summed E-state index contributed by atoms with van der Waals surface area (Å²) in [4.78, 5) is 31.2. The zero-order chi connectivity index (χ0) is 24.2. The average molecular weight is 465 g/mol. The van der Waals surface area contributed by atoms with Gasteiger partial charge in [0.05, 0.1) is 12.2 Å². The molecule has 0 radical (unpaired) electrons. The molecule has 2 atom stereocenters. The van der Waals surface area contributed by atoms with Gasteiger partial charge in [0.15, 0.2) is 5.78 Å². The van der Waals surface area contributed by atoms with Gasteiger partial charge in [-0.3, -0.25) is 9.78 Å². The van der Waals surface area contributed by atoms with Crippen LogP contribution in [0.3, 0.4) is 0 Å². The van der Waals surface area contributed by atoms with Crippen LogP contribution in [0, 0.1) is 0 Å². The predicted octanol–water partition coefficient (Wildman–Crippen LogP) is 5.23. The first-order valence-corrected chi connectivity index (χ1v) is 12.0. The van der Waals surface area contributed by atoms with Crippen molar-refractivity contribution in [3.05, 3.63) is 124 Å². The maximum atomic E-state index is 13.6. The number of benzene rings is 2. The van der Waals surface area contributed by atoms with Crippen LogP contribution in [-0.4, -0.2) is 23.3 Å². The summed E-state index contributed by atoms with van der Waals surface area (Å²) < 4.78 is 5.72. The lowest BCUT2D eigenvalue weighted by Gasteiger charge is -2.36. The summed E-state index contributed by atoms with van der Waals surface area (Å²) in [5.41, 5.74) is 5.84. The maximum absolute atomic E-state index is 13.6. The molecule has 0 bridgehead atoms. The molecule has 3 aromatic rings. The standard InChI is InChI=1S/C30H28N2O3/c1-20-27(30(34)35-16-14-21-9-4-2-5-10-21)28(23-13-8-15-31-19-23)29-25(32-20)17-24(18-26(29)33)22-11-6-3-7-12-22/h2-13,15,19,24,28,32H,14,16-18H2,1H3/t24-,28+/m0/s1. The lowest BCUT2D eigenvalue weighted by Crippen LogP contribution is -2.36. The van der Waals surface area contributed by atoms with Gasteiger partial charge < -0.3 is 10.1 Å². The van der Waals surface area contributed by atoms with E-state index >= 15 is 0 Å². The number of allylic oxidation sites excluding steroid dienone is 3. The summed E-state index contributed by atoms with van der Waals surface area (Å²) in [6.07, 6.45) is 5.20. The van der Waals surface area contributed by atoms with E-state index < -0.39 is 11.9 Å². The van der Waals surface area contributed by atoms with Gasteiger partial charge >= 0.3 is 5.97 Å². The van der Waals surface area contributed by atoms with Crippen LogP contribution in [-0.2, 0) is 20.7 Å². The summed E-state index contributed by atoms with van der Waals surface area (Å²) in [7, 11) is 0. The fraction of sp³-hybridized carbons (Fsp3) is 0.233. The quantitative estimate of drug-likeness (QED) is 0.506. The van der Waals surface area contributed by atoms with E-state index in [0.29, 0.717) is 24.0 Å². The summed E-state index contributed by atoms with van der Waals surface area (Å²) in [5.74, 6) is -0.724. The minimum Gasteiger partial charge on any atom is -0.462 e. The van der Waals surface area contributed by atoms with Crippen LogP contribution in [0.5, 0.6) is 0 Å². The second-order valence-corrected chi connectivity index (χ2v) is 9.09. The number of dihydropyridines is 1. The first kappa shape index (κ1) is 22.8. The van der Waals surface area contributed by atoms with E-state index in [4.69, 9.17) is 4.74 Å². The van der Waals surface area contributed by atoms with Gasteiger partial charge in [-0.15, -0.1) is 0 Å². The number of nitrogens with zero attached hydrogens (tertiary/aromatic N) is 1. The van der Waals surface area contributed by atoms with Crippen molar-refractivity contribution < 1.29 is 14.3 Å². The minimum atomic E-state index is -0.492. The van der Waals surface area contributed by atoms with Crippen LogP contribution in [0.15, 0.2) is 108 Å². The van der Waals surface area contributed by atoms with E-state index in [1.807, 2.05) is 67.6 Å². The van der Waals surface area contributed by atoms with Crippen molar-refractivity contribution >= 4 is 11.8 Å². The van der Waals surface area contributed by atoms with Crippen LogP contribution >= 0.6 is 0 Å². The molecule has 5 heteroatoms. The summed E-state index contributed by atoms with van der Waals surface area (Å²) in [6.45, 7) is 2.16. The lowest BCUT2D eigenvalue weighted by molar-refractivity contribution is -0.139. The Morgan fingerprint density at radius 3 is 2.40 bits per heavy atom. The third-order valence-electron chi connectivity index (χ3n) is 6.80. The van der Waals surface area contributed by atoms with Crippen LogP contribution in [0.1, 0.15) is 48.3 Å². The first-order chi connectivity index (χ1) is 17.1. The van der Waals surface area contributed by atoms with Gasteiger partial charge in [-0.05, 0) is 42.0 Å². The van der Waals surface area contributed by atoms with Gasteiger partial charge in [-0.1, -0.05) is 66.7 Å². The zero-order valence-corrected chi connectivity index (χ0v) is 19.7. The van der Waals surface area contributed by atoms with Crippen molar-refractivity contribution in [1.29, 1.82) is 0 Å². The van der Waals surface area contributed by atoms with E-state index in [2.05, 4.69) is 22.4 Å². The number of carbonyl (C=O) groups excluding carboxylic acids is 2. The van der Waals surface area contributed by atoms with Crippen molar-refractivity contribution in [3.63, 3.8) is 0 Å². The number of ketones is 1. The van der Waals surface area contributed by atoms with Crippen LogP contribution < -0.4 is 5.32 Å². The van der Waals surface area contributed by atoms with Crippen LogP contribution in [0.2, 0.25) is 0 Å². The molecule has 1 N–H and O–H groups in total. The molecule has 5 nitrogen and oxygen atoms in total. The fourth-order valence-corrected chi connectivity index (χ4v) is 5.13. The molecule has 2 heterocycles. The third kappa shape index (κ3) is 4.80. The van der Waals surface area contributed by atoms with Gasteiger partial charge in [-0.2, -0.15) is 0 Å². The van der Waals surface area contributed by atoms with Crippen molar-refractivity contribution in [2.75, 3.05) is 6.61 Å². The lowest BCUT2D eigenvalue weighted by atomic mass is 9.72. The van der Waals surface area contributed by atoms with Crippen LogP contribution in [0.25, 0.3) is 0 Å². The third-order valence-corrected chi connectivity index (χ3v) is 6.80. The molecular weight excluding hydrogens is 436 g/mol. The van der Waals surface area contributed by atoms with Crippen molar-refractivity contribution in [1.82, 2.24) is 10.3 Å². The largest absolute Gasteiger partial charge is 0.462 e. The van der Waals surface area contributed by atoms with Gasteiger partial charge in [0.2, 0.25) is 0 Å². The van der Waals surface area contributed by atoms with Crippen LogP contribution in [0.4, 0.5) is 0 Å². The Labute approximate surface area is 205 Å². The topological polar surface area (TPSA) is 68.3 Å². The molecular formula is C30H28N2O3. The van der Waals surface area contributed by atoms with E-state index in [9.17, 15) is 9.59 Å². The summed E-state index contributed by atoms with van der Waals surface area (Å²) in [5, 5.41) is 3.40. The first-order valence-electron chi connectivity index (χ1n) is 12.0. The highest BCUT2D eigenvalue weighted by Gasteiger charge is 2.41. The van der Waals surface area contributed by atoms with E-state index in [1.54, 1.807) is 12.4 Å².